The van der Waals surface area contributed by atoms with Gasteiger partial charge in [0, 0.05) is 6.20 Å². The van der Waals surface area contributed by atoms with Crippen LogP contribution >= 0.6 is 11.6 Å². The fourth-order valence-electron chi connectivity index (χ4n) is 0.948. The first-order valence-electron chi connectivity index (χ1n) is 3.25. The van der Waals surface area contributed by atoms with Gasteiger partial charge in [0.15, 0.2) is 5.78 Å². The molecule has 0 N–H and O–H groups in total. The Hall–Kier alpha value is -0.890. The molecule has 0 unspecified atom stereocenters. The van der Waals surface area contributed by atoms with E-state index in [0.29, 0.717) is 5.56 Å². The first-order chi connectivity index (χ1) is 5.13. The molecule has 0 aliphatic heterocycles. The van der Waals surface area contributed by atoms with Gasteiger partial charge in [-0.05, 0) is 25.5 Å². The summed E-state index contributed by atoms with van der Waals surface area (Å²) in [6.07, 6.45) is 1.59. The Morgan fingerprint density at radius 2 is 2.27 bits per heavy atom. The number of ketones is 1. The van der Waals surface area contributed by atoms with Gasteiger partial charge in [0.2, 0.25) is 0 Å². The van der Waals surface area contributed by atoms with E-state index in [0.717, 1.165) is 5.56 Å². The number of carbonyl (C=O) groups excluding carboxylic acids is 1. The third-order valence-corrected chi connectivity index (χ3v) is 1.75. The zero-order valence-corrected chi connectivity index (χ0v) is 7.14. The summed E-state index contributed by atoms with van der Waals surface area (Å²) in [6.45, 7) is 3.32. The highest BCUT2D eigenvalue weighted by Gasteiger charge is 2.08. The lowest BCUT2D eigenvalue weighted by atomic mass is 10.1. The second-order valence-electron chi connectivity index (χ2n) is 2.35. The van der Waals surface area contributed by atoms with E-state index in [4.69, 9.17) is 11.6 Å². The third kappa shape index (κ3) is 1.57. The summed E-state index contributed by atoms with van der Waals surface area (Å²) >= 11 is 5.69. The molecule has 58 valence electrons. The van der Waals surface area contributed by atoms with E-state index in [1.807, 2.05) is 6.92 Å². The van der Waals surface area contributed by atoms with Crippen LogP contribution in [0.2, 0.25) is 5.15 Å². The normalized spacial score (nSPS) is 9.73. The van der Waals surface area contributed by atoms with Crippen LogP contribution in [0.3, 0.4) is 0 Å². The highest BCUT2D eigenvalue weighted by Crippen LogP contribution is 2.16. The predicted molar refractivity (Wildman–Crippen MR) is 44.0 cm³/mol. The van der Waals surface area contributed by atoms with Crippen molar-refractivity contribution in [3.8, 4) is 0 Å². The zero-order valence-electron chi connectivity index (χ0n) is 6.39. The number of aryl methyl sites for hydroxylation is 1. The molecule has 0 aliphatic rings. The van der Waals surface area contributed by atoms with Crippen molar-refractivity contribution < 1.29 is 4.79 Å². The lowest BCUT2D eigenvalue weighted by Crippen LogP contribution is -1.98. The topological polar surface area (TPSA) is 30.0 Å². The minimum absolute atomic E-state index is 0.0411. The summed E-state index contributed by atoms with van der Waals surface area (Å²) in [5, 5.41) is 0.289. The third-order valence-electron chi connectivity index (χ3n) is 1.47. The van der Waals surface area contributed by atoms with Gasteiger partial charge in [-0.25, -0.2) is 4.98 Å². The van der Waals surface area contributed by atoms with Gasteiger partial charge < -0.3 is 0 Å². The van der Waals surface area contributed by atoms with E-state index in [-0.39, 0.29) is 10.9 Å². The fourth-order valence-corrected chi connectivity index (χ4v) is 1.29. The second-order valence-corrected chi connectivity index (χ2v) is 2.71. The van der Waals surface area contributed by atoms with Crippen LogP contribution in [0, 0.1) is 6.92 Å². The number of aromatic nitrogens is 1. The number of Topliss-reactive ketones (excluding diaryl/α,β-unsaturated/α-hetero) is 1. The second kappa shape index (κ2) is 3.01. The molecule has 1 aromatic heterocycles. The quantitative estimate of drug-likeness (QED) is 0.477. The number of nitrogens with zero attached hydrogens (tertiary/aromatic N) is 1. The SMILES string of the molecule is CC(=O)c1c(C)ccnc1Cl. The molecular weight excluding hydrogens is 162 g/mol. The highest BCUT2D eigenvalue weighted by atomic mass is 35.5. The van der Waals surface area contributed by atoms with Crippen LogP contribution in [-0.2, 0) is 0 Å². The Morgan fingerprint density at radius 3 is 2.64 bits per heavy atom. The maximum atomic E-state index is 11.0. The molecule has 0 spiro atoms. The van der Waals surface area contributed by atoms with Crippen molar-refractivity contribution in [1.29, 1.82) is 0 Å². The summed E-state index contributed by atoms with van der Waals surface area (Å²) in [5.74, 6) is -0.0411. The highest BCUT2D eigenvalue weighted by molar-refractivity contribution is 6.32. The predicted octanol–water partition coefficient (Wildman–Crippen LogP) is 2.25. The Kier molecular flexibility index (Phi) is 2.25. The van der Waals surface area contributed by atoms with Gasteiger partial charge in [-0.2, -0.15) is 0 Å². The van der Waals surface area contributed by atoms with Crippen molar-refractivity contribution in [2.45, 2.75) is 13.8 Å². The van der Waals surface area contributed by atoms with Gasteiger partial charge >= 0.3 is 0 Å². The smallest absolute Gasteiger partial charge is 0.163 e. The number of hydrogen-bond donors (Lipinski definition) is 0. The monoisotopic (exact) mass is 169 g/mol. The van der Waals surface area contributed by atoms with Gasteiger partial charge in [-0.3, -0.25) is 4.79 Å². The molecule has 2 nitrogen and oxygen atoms in total. The van der Waals surface area contributed by atoms with Gasteiger partial charge in [0.05, 0.1) is 5.56 Å². The molecule has 0 amide bonds. The number of carbonyl (C=O) groups is 1. The molecule has 0 aliphatic carbocycles. The lowest BCUT2D eigenvalue weighted by Gasteiger charge is -2.01. The molecule has 0 atom stereocenters. The molecule has 0 bridgehead atoms. The molecule has 1 aromatic rings. The Labute approximate surface area is 70.2 Å². The zero-order chi connectivity index (χ0) is 8.43. The molecule has 0 fully saturated rings. The molecule has 0 aromatic carbocycles. The van der Waals surface area contributed by atoms with Crippen molar-refractivity contribution in [3.05, 3.63) is 28.5 Å². The van der Waals surface area contributed by atoms with Crippen LogP contribution < -0.4 is 0 Å². The molecule has 1 rings (SSSR count). The molecule has 1 heterocycles. The number of halogens is 1. The number of pyridine rings is 1. The van der Waals surface area contributed by atoms with Crippen LogP contribution in [0.25, 0.3) is 0 Å². The molecule has 11 heavy (non-hydrogen) atoms. The van der Waals surface area contributed by atoms with Crippen LogP contribution in [0.1, 0.15) is 22.8 Å². The number of rotatable bonds is 1. The van der Waals surface area contributed by atoms with E-state index in [1.54, 1.807) is 12.3 Å². The van der Waals surface area contributed by atoms with Crippen LogP contribution in [0.5, 0.6) is 0 Å². The summed E-state index contributed by atoms with van der Waals surface area (Å²) in [6, 6.07) is 1.77. The van der Waals surface area contributed by atoms with Gasteiger partial charge in [0.25, 0.3) is 0 Å². The summed E-state index contributed by atoms with van der Waals surface area (Å²) in [7, 11) is 0. The summed E-state index contributed by atoms with van der Waals surface area (Å²) in [4.78, 5) is 14.8. The van der Waals surface area contributed by atoms with E-state index < -0.39 is 0 Å². The standard InChI is InChI=1S/C8H8ClNO/c1-5-3-4-10-8(9)7(5)6(2)11/h3-4H,1-2H3. The number of hydrogen-bond acceptors (Lipinski definition) is 2. The molecule has 3 heteroatoms. The minimum Gasteiger partial charge on any atom is -0.294 e. The first kappa shape index (κ1) is 8.21. The Bertz CT molecular complexity index is 276. The lowest BCUT2D eigenvalue weighted by molar-refractivity contribution is 0.101. The molecule has 0 saturated heterocycles. The maximum absolute atomic E-state index is 11.0. The Morgan fingerprint density at radius 1 is 1.64 bits per heavy atom. The molecular formula is C8H8ClNO. The van der Waals surface area contributed by atoms with Crippen LogP contribution in [0.4, 0.5) is 0 Å². The average Bonchev–Trinajstić information content (AvgIpc) is 1.85. The van der Waals surface area contributed by atoms with Crippen molar-refractivity contribution in [2.75, 3.05) is 0 Å². The van der Waals surface area contributed by atoms with Gasteiger partial charge in [-0.15, -0.1) is 0 Å². The van der Waals surface area contributed by atoms with Crippen molar-refractivity contribution in [3.63, 3.8) is 0 Å². The van der Waals surface area contributed by atoms with E-state index in [1.165, 1.54) is 6.92 Å². The minimum atomic E-state index is -0.0411. The average molecular weight is 170 g/mol. The largest absolute Gasteiger partial charge is 0.294 e. The molecule has 0 radical (unpaired) electrons. The van der Waals surface area contributed by atoms with Gasteiger partial charge in [-0.1, -0.05) is 11.6 Å². The van der Waals surface area contributed by atoms with Gasteiger partial charge in [0.1, 0.15) is 5.15 Å². The Balaban J connectivity index is 3.32. The summed E-state index contributed by atoms with van der Waals surface area (Å²) in [5.41, 5.74) is 1.40. The van der Waals surface area contributed by atoms with E-state index >= 15 is 0 Å². The summed E-state index contributed by atoms with van der Waals surface area (Å²) < 4.78 is 0. The van der Waals surface area contributed by atoms with E-state index in [2.05, 4.69) is 4.98 Å². The van der Waals surface area contributed by atoms with Crippen LogP contribution in [-0.4, -0.2) is 10.8 Å². The van der Waals surface area contributed by atoms with Crippen molar-refractivity contribution >= 4 is 17.4 Å². The first-order valence-corrected chi connectivity index (χ1v) is 3.62. The van der Waals surface area contributed by atoms with Crippen molar-refractivity contribution in [2.24, 2.45) is 0 Å². The maximum Gasteiger partial charge on any atom is 0.163 e. The van der Waals surface area contributed by atoms with E-state index in [9.17, 15) is 4.79 Å². The van der Waals surface area contributed by atoms with Crippen LogP contribution in [0.15, 0.2) is 12.3 Å². The molecule has 0 saturated carbocycles. The van der Waals surface area contributed by atoms with Crippen molar-refractivity contribution in [1.82, 2.24) is 4.98 Å². The fraction of sp³-hybridized carbons (Fsp3) is 0.250.